The summed E-state index contributed by atoms with van der Waals surface area (Å²) in [4.78, 5) is 3.24. The van der Waals surface area contributed by atoms with Crippen molar-refractivity contribution in [2.75, 3.05) is 6.54 Å². The summed E-state index contributed by atoms with van der Waals surface area (Å²) >= 11 is 0. The van der Waals surface area contributed by atoms with Gasteiger partial charge in [-0.2, -0.15) is 0 Å². The molecule has 3 N–H and O–H groups in total. The summed E-state index contributed by atoms with van der Waals surface area (Å²) in [5, 5.41) is 0. The van der Waals surface area contributed by atoms with Gasteiger partial charge in [0.1, 0.15) is 0 Å². The lowest BCUT2D eigenvalue weighted by molar-refractivity contribution is 0.143. The quantitative estimate of drug-likeness (QED) is 0.701. The van der Waals surface area contributed by atoms with Gasteiger partial charge < -0.3 is 10.7 Å². The van der Waals surface area contributed by atoms with Gasteiger partial charge in [-0.15, -0.1) is 0 Å². The molecule has 1 fully saturated rings. The fourth-order valence-corrected chi connectivity index (χ4v) is 2.01. The molecule has 1 aromatic heterocycles. The fraction of sp³-hybridized carbons (Fsp3) is 0.600. The van der Waals surface area contributed by atoms with Crippen LogP contribution in [0.3, 0.4) is 0 Å². The van der Waals surface area contributed by atoms with Crippen molar-refractivity contribution in [1.29, 1.82) is 0 Å². The van der Waals surface area contributed by atoms with E-state index in [1.165, 1.54) is 25.0 Å². The van der Waals surface area contributed by atoms with Gasteiger partial charge >= 0.3 is 0 Å². The summed E-state index contributed by atoms with van der Waals surface area (Å²) in [5.74, 6) is 0. The Morgan fingerprint density at radius 1 is 1.50 bits per heavy atom. The monoisotopic (exact) mass is 164 g/mol. The van der Waals surface area contributed by atoms with Crippen LogP contribution >= 0.6 is 0 Å². The summed E-state index contributed by atoms with van der Waals surface area (Å²) in [6.07, 6.45) is 7.09. The van der Waals surface area contributed by atoms with Crippen LogP contribution in [-0.2, 0) is 6.42 Å². The van der Waals surface area contributed by atoms with Crippen molar-refractivity contribution < 1.29 is 0 Å². The highest BCUT2D eigenvalue weighted by atomic mass is 14.7. The predicted molar refractivity (Wildman–Crippen MR) is 49.8 cm³/mol. The van der Waals surface area contributed by atoms with Crippen molar-refractivity contribution >= 4 is 0 Å². The van der Waals surface area contributed by atoms with Gasteiger partial charge in [-0.05, 0) is 43.4 Å². The summed E-state index contributed by atoms with van der Waals surface area (Å²) in [6, 6.07) is 4.20. The van der Waals surface area contributed by atoms with Crippen LogP contribution in [0.5, 0.6) is 0 Å². The Morgan fingerprint density at radius 2 is 2.33 bits per heavy atom. The van der Waals surface area contributed by atoms with Gasteiger partial charge in [0, 0.05) is 11.9 Å². The molecule has 0 aromatic carbocycles. The number of hydrogen-bond acceptors (Lipinski definition) is 1. The lowest BCUT2D eigenvalue weighted by Crippen LogP contribution is -2.39. The van der Waals surface area contributed by atoms with Gasteiger partial charge in [0.25, 0.3) is 0 Å². The summed E-state index contributed by atoms with van der Waals surface area (Å²) in [7, 11) is 0. The van der Waals surface area contributed by atoms with E-state index in [1.54, 1.807) is 0 Å². The van der Waals surface area contributed by atoms with E-state index >= 15 is 0 Å². The third kappa shape index (κ3) is 1.27. The average Bonchev–Trinajstić information content (AvgIpc) is 2.49. The van der Waals surface area contributed by atoms with Crippen molar-refractivity contribution in [2.24, 2.45) is 11.1 Å². The molecule has 2 nitrogen and oxygen atoms in total. The average molecular weight is 164 g/mol. The highest BCUT2D eigenvalue weighted by molar-refractivity contribution is 5.08. The minimum Gasteiger partial charge on any atom is -0.365 e. The Bertz CT molecular complexity index is 229. The molecule has 0 radical (unpaired) electrons. The molecule has 0 saturated heterocycles. The Hall–Kier alpha value is -0.760. The predicted octanol–water partition coefficient (Wildman–Crippen LogP) is 1.69. The van der Waals surface area contributed by atoms with Gasteiger partial charge in [0.15, 0.2) is 0 Å². The van der Waals surface area contributed by atoms with Crippen molar-refractivity contribution in [2.45, 2.75) is 25.7 Å². The van der Waals surface area contributed by atoms with Crippen molar-refractivity contribution in [1.82, 2.24) is 4.98 Å². The molecule has 1 aliphatic carbocycles. The van der Waals surface area contributed by atoms with E-state index in [-0.39, 0.29) is 0 Å². The molecule has 0 spiro atoms. The lowest BCUT2D eigenvalue weighted by atomic mass is 9.66. The molecule has 0 atom stereocenters. The minimum absolute atomic E-state index is 0.435. The van der Waals surface area contributed by atoms with Gasteiger partial charge in [0.2, 0.25) is 0 Å². The number of aromatic amines is 1. The second kappa shape index (κ2) is 2.94. The smallest absolute Gasteiger partial charge is 0.0153 e. The van der Waals surface area contributed by atoms with E-state index in [4.69, 9.17) is 5.73 Å². The number of nitrogens with two attached hydrogens (primary N) is 1. The molecule has 1 saturated carbocycles. The molecule has 2 rings (SSSR count). The zero-order chi connectivity index (χ0) is 8.44. The molecule has 2 heteroatoms. The normalized spacial score (nSPS) is 20.4. The third-order valence-electron chi connectivity index (χ3n) is 3.08. The van der Waals surface area contributed by atoms with Crippen LogP contribution in [0, 0.1) is 5.41 Å². The fourth-order valence-electron chi connectivity index (χ4n) is 2.01. The van der Waals surface area contributed by atoms with E-state index in [2.05, 4.69) is 17.1 Å². The highest BCUT2D eigenvalue weighted by Gasteiger charge is 2.35. The first kappa shape index (κ1) is 7.87. The van der Waals surface area contributed by atoms with Crippen molar-refractivity contribution in [3.8, 4) is 0 Å². The van der Waals surface area contributed by atoms with E-state index in [9.17, 15) is 0 Å². The zero-order valence-corrected chi connectivity index (χ0v) is 7.34. The number of H-pyrrole nitrogens is 1. The Labute approximate surface area is 73.2 Å². The molecular formula is C10H16N2. The van der Waals surface area contributed by atoms with E-state index in [0.717, 1.165) is 13.0 Å². The lowest BCUT2D eigenvalue weighted by Gasteiger charge is -2.40. The van der Waals surface area contributed by atoms with Gasteiger partial charge in [-0.1, -0.05) is 6.42 Å². The van der Waals surface area contributed by atoms with E-state index in [1.807, 2.05) is 6.20 Å². The first-order chi connectivity index (χ1) is 5.85. The third-order valence-corrected chi connectivity index (χ3v) is 3.08. The van der Waals surface area contributed by atoms with Crippen LogP contribution in [0.2, 0.25) is 0 Å². The van der Waals surface area contributed by atoms with Gasteiger partial charge in [-0.3, -0.25) is 0 Å². The SMILES string of the molecule is NCC1(Cc2ccc[nH]2)CCC1. The molecule has 1 aliphatic rings. The number of rotatable bonds is 3. The standard InChI is InChI=1S/C10H16N2/c11-8-10(4-2-5-10)7-9-3-1-6-12-9/h1,3,6,12H,2,4-5,7-8,11H2. The summed E-state index contributed by atoms with van der Waals surface area (Å²) in [5.41, 5.74) is 7.54. The van der Waals surface area contributed by atoms with Crippen LogP contribution < -0.4 is 5.73 Å². The van der Waals surface area contributed by atoms with Crippen molar-refractivity contribution in [3.63, 3.8) is 0 Å². The van der Waals surface area contributed by atoms with E-state index in [0.29, 0.717) is 5.41 Å². The maximum absolute atomic E-state index is 5.77. The zero-order valence-electron chi connectivity index (χ0n) is 7.34. The minimum atomic E-state index is 0.435. The van der Waals surface area contributed by atoms with E-state index < -0.39 is 0 Å². The number of aromatic nitrogens is 1. The molecule has 0 unspecified atom stereocenters. The largest absolute Gasteiger partial charge is 0.365 e. The second-order valence-electron chi connectivity index (χ2n) is 3.93. The van der Waals surface area contributed by atoms with Crippen molar-refractivity contribution in [3.05, 3.63) is 24.0 Å². The summed E-state index contributed by atoms with van der Waals surface area (Å²) < 4.78 is 0. The molecule has 1 aromatic rings. The van der Waals surface area contributed by atoms with Crippen LogP contribution in [0.15, 0.2) is 18.3 Å². The van der Waals surface area contributed by atoms with Gasteiger partial charge in [-0.25, -0.2) is 0 Å². The number of nitrogens with one attached hydrogen (secondary N) is 1. The molecule has 12 heavy (non-hydrogen) atoms. The topological polar surface area (TPSA) is 41.8 Å². The first-order valence-corrected chi connectivity index (χ1v) is 4.67. The maximum Gasteiger partial charge on any atom is 0.0153 e. The summed E-state index contributed by atoms with van der Waals surface area (Å²) in [6.45, 7) is 0.839. The highest BCUT2D eigenvalue weighted by Crippen LogP contribution is 2.42. The van der Waals surface area contributed by atoms with Gasteiger partial charge in [0.05, 0.1) is 0 Å². The molecular weight excluding hydrogens is 148 g/mol. The van der Waals surface area contributed by atoms with Crippen LogP contribution in [-0.4, -0.2) is 11.5 Å². The maximum atomic E-state index is 5.77. The molecule has 1 heterocycles. The molecule has 0 aliphatic heterocycles. The Morgan fingerprint density at radius 3 is 2.75 bits per heavy atom. The first-order valence-electron chi connectivity index (χ1n) is 4.67. The number of hydrogen-bond donors (Lipinski definition) is 2. The molecule has 66 valence electrons. The molecule has 0 amide bonds. The Kier molecular flexibility index (Phi) is 1.93. The van der Waals surface area contributed by atoms with Crippen LogP contribution in [0.1, 0.15) is 25.0 Å². The molecule has 0 bridgehead atoms. The Balaban J connectivity index is 2.01. The second-order valence-corrected chi connectivity index (χ2v) is 3.93. The van der Waals surface area contributed by atoms with Crippen LogP contribution in [0.25, 0.3) is 0 Å². The van der Waals surface area contributed by atoms with Crippen LogP contribution in [0.4, 0.5) is 0 Å².